The van der Waals surface area contributed by atoms with Gasteiger partial charge < -0.3 is 14.8 Å². The maximum atomic E-state index is 6.24. The summed E-state index contributed by atoms with van der Waals surface area (Å²) in [6.07, 6.45) is 7.49. The first-order valence-electron chi connectivity index (χ1n) is 10.2. The van der Waals surface area contributed by atoms with Crippen LogP contribution in [0.3, 0.4) is 0 Å². The Labute approximate surface area is 172 Å². The lowest BCUT2D eigenvalue weighted by Gasteiger charge is -2.29. The van der Waals surface area contributed by atoms with Gasteiger partial charge in [0.1, 0.15) is 5.69 Å². The monoisotopic (exact) mass is 415 g/mol. The Morgan fingerprint density at radius 1 is 1.21 bits per heavy atom. The number of hydrogen-bond acceptors (Lipinski definition) is 7. The van der Waals surface area contributed by atoms with Crippen molar-refractivity contribution >= 4 is 34.3 Å². The van der Waals surface area contributed by atoms with Crippen LogP contribution in [0.15, 0.2) is 6.20 Å². The summed E-state index contributed by atoms with van der Waals surface area (Å²) in [5.74, 6) is 1.08. The van der Waals surface area contributed by atoms with Crippen molar-refractivity contribution in [3.8, 4) is 5.88 Å². The van der Waals surface area contributed by atoms with E-state index in [-0.39, 0.29) is 0 Å². The third kappa shape index (κ3) is 2.86. The van der Waals surface area contributed by atoms with E-state index in [9.17, 15) is 0 Å². The lowest BCUT2D eigenvalue weighted by atomic mass is 10.0. The molecule has 29 heavy (non-hydrogen) atoms. The fraction of sp³-hybridized carbons (Fsp3) is 0.579. The highest BCUT2D eigenvalue weighted by Gasteiger charge is 2.37. The van der Waals surface area contributed by atoms with Crippen molar-refractivity contribution in [3.05, 3.63) is 17.0 Å². The van der Waals surface area contributed by atoms with Crippen LogP contribution < -0.4 is 10.1 Å². The van der Waals surface area contributed by atoms with Crippen molar-refractivity contribution in [2.24, 2.45) is 0 Å². The highest BCUT2D eigenvalue weighted by molar-refractivity contribution is 6.34. The minimum absolute atomic E-state index is 0.329. The van der Waals surface area contributed by atoms with Gasteiger partial charge in [-0.1, -0.05) is 11.6 Å². The predicted octanol–water partition coefficient (Wildman–Crippen LogP) is 3.39. The van der Waals surface area contributed by atoms with Crippen molar-refractivity contribution in [2.75, 3.05) is 11.9 Å². The summed E-state index contributed by atoms with van der Waals surface area (Å²) in [6, 6.07) is 0.329. The fourth-order valence-electron chi connectivity index (χ4n) is 4.76. The summed E-state index contributed by atoms with van der Waals surface area (Å²) in [7, 11) is 0. The number of aromatic nitrogens is 6. The van der Waals surface area contributed by atoms with E-state index in [0.717, 1.165) is 54.5 Å². The highest BCUT2D eigenvalue weighted by Crippen LogP contribution is 2.41. The van der Waals surface area contributed by atoms with Gasteiger partial charge in [-0.05, 0) is 32.6 Å². The van der Waals surface area contributed by atoms with Gasteiger partial charge in [-0.2, -0.15) is 10.1 Å². The average molecular weight is 416 g/mol. The minimum atomic E-state index is 0.329. The summed E-state index contributed by atoms with van der Waals surface area (Å²) in [6.45, 7) is 3.27. The van der Waals surface area contributed by atoms with Crippen molar-refractivity contribution in [3.63, 3.8) is 0 Å². The number of halogens is 1. The van der Waals surface area contributed by atoms with Gasteiger partial charge in [0, 0.05) is 19.2 Å². The third-order valence-corrected chi connectivity index (χ3v) is 6.44. The summed E-state index contributed by atoms with van der Waals surface area (Å²) < 4.78 is 16.0. The molecule has 1 N–H and O–H groups in total. The van der Waals surface area contributed by atoms with Gasteiger partial charge in [0.15, 0.2) is 10.8 Å². The molecule has 2 saturated heterocycles. The number of aryl methyl sites for hydroxylation is 1. The fourth-order valence-corrected chi connectivity index (χ4v) is 4.98. The summed E-state index contributed by atoms with van der Waals surface area (Å²) in [5.41, 5.74) is 2.57. The molecule has 3 aromatic heterocycles. The minimum Gasteiger partial charge on any atom is -0.475 e. The molecule has 3 atom stereocenters. The van der Waals surface area contributed by atoms with Crippen LogP contribution in [0.1, 0.15) is 43.8 Å². The summed E-state index contributed by atoms with van der Waals surface area (Å²) in [4.78, 5) is 9.09. The zero-order chi connectivity index (χ0) is 19.5. The van der Waals surface area contributed by atoms with Crippen LogP contribution in [-0.4, -0.2) is 48.3 Å². The molecule has 0 radical (unpaired) electrons. The van der Waals surface area contributed by atoms with Gasteiger partial charge in [0.25, 0.3) is 5.88 Å². The standard InChI is InChI=1S/C19H22ClN7O2/c1-10-15-18(25-27(10)11-7-12-3-4-13(8-11)29-12)28-6-2-5-26-17-14(16(20)24-26)9-21-19(22-15)23-17/h9,11-13H,2-8H2,1H3,(H,21,22,23)/t11-,12-,13+. The molecular weight excluding hydrogens is 394 g/mol. The Balaban J connectivity index is 1.40. The predicted molar refractivity (Wildman–Crippen MR) is 107 cm³/mol. The van der Waals surface area contributed by atoms with E-state index in [1.54, 1.807) is 6.20 Å². The second kappa shape index (κ2) is 6.56. The van der Waals surface area contributed by atoms with E-state index in [2.05, 4.69) is 32.0 Å². The van der Waals surface area contributed by atoms with Gasteiger partial charge in [0.2, 0.25) is 5.95 Å². The first kappa shape index (κ1) is 17.5. The van der Waals surface area contributed by atoms with Crippen LogP contribution in [0.4, 0.5) is 11.6 Å². The number of ether oxygens (including phenoxy) is 2. The maximum Gasteiger partial charge on any atom is 0.257 e. The van der Waals surface area contributed by atoms with E-state index >= 15 is 0 Å². The molecule has 3 aliphatic rings. The van der Waals surface area contributed by atoms with Gasteiger partial charge in [0.05, 0.1) is 35.9 Å². The van der Waals surface area contributed by atoms with Crippen molar-refractivity contribution in [1.82, 2.24) is 29.5 Å². The number of anilines is 2. The molecule has 152 valence electrons. The molecule has 0 spiro atoms. The zero-order valence-corrected chi connectivity index (χ0v) is 16.9. The second-order valence-electron chi connectivity index (χ2n) is 8.06. The molecule has 10 heteroatoms. The van der Waals surface area contributed by atoms with Gasteiger partial charge >= 0.3 is 0 Å². The Morgan fingerprint density at radius 2 is 2.03 bits per heavy atom. The quantitative estimate of drug-likeness (QED) is 0.651. The number of nitrogens with one attached hydrogen (secondary N) is 1. The van der Waals surface area contributed by atoms with Crippen LogP contribution in [-0.2, 0) is 11.3 Å². The SMILES string of the molecule is Cc1c2c(nn1[C@@H]1C[C@H]3CC[C@@H](C1)O3)OCCCn1nc(Cl)c3cnc(nc31)N2. The number of rotatable bonds is 1. The van der Waals surface area contributed by atoms with Crippen molar-refractivity contribution < 1.29 is 9.47 Å². The van der Waals surface area contributed by atoms with E-state index < -0.39 is 0 Å². The normalized spacial score (nSPS) is 26.1. The lowest BCUT2D eigenvalue weighted by Crippen LogP contribution is -2.28. The average Bonchev–Trinajstić information content (AvgIpc) is 3.33. The number of hydrogen-bond donors (Lipinski definition) is 1. The molecule has 3 aromatic rings. The molecule has 6 heterocycles. The summed E-state index contributed by atoms with van der Waals surface area (Å²) in [5, 5.41) is 13.7. The molecule has 3 aliphatic heterocycles. The Morgan fingerprint density at radius 3 is 2.86 bits per heavy atom. The van der Waals surface area contributed by atoms with Crippen molar-refractivity contribution in [2.45, 2.75) is 63.8 Å². The van der Waals surface area contributed by atoms with Crippen LogP contribution in [0.25, 0.3) is 11.0 Å². The first-order chi connectivity index (χ1) is 14.2. The zero-order valence-electron chi connectivity index (χ0n) is 16.1. The number of fused-ring (bicyclic) bond motifs is 4. The molecule has 9 nitrogen and oxygen atoms in total. The summed E-state index contributed by atoms with van der Waals surface area (Å²) >= 11 is 6.24. The highest BCUT2D eigenvalue weighted by atomic mass is 35.5. The molecule has 2 fully saturated rings. The van der Waals surface area contributed by atoms with Crippen LogP contribution in [0.2, 0.25) is 5.15 Å². The Hall–Kier alpha value is -2.39. The van der Waals surface area contributed by atoms with Crippen LogP contribution >= 0.6 is 11.6 Å². The van der Waals surface area contributed by atoms with Crippen molar-refractivity contribution in [1.29, 1.82) is 0 Å². The Bertz CT molecular complexity index is 1080. The van der Waals surface area contributed by atoms with E-state index in [1.165, 1.54) is 0 Å². The molecule has 0 aromatic carbocycles. The molecule has 4 bridgehead atoms. The number of nitrogens with zero attached hydrogens (tertiary/aromatic N) is 6. The molecule has 0 unspecified atom stereocenters. The van der Waals surface area contributed by atoms with Gasteiger partial charge in [-0.3, -0.25) is 4.68 Å². The van der Waals surface area contributed by atoms with E-state index in [4.69, 9.17) is 26.2 Å². The van der Waals surface area contributed by atoms with E-state index in [1.807, 2.05) is 4.68 Å². The molecule has 0 amide bonds. The molecule has 0 aliphatic carbocycles. The topological polar surface area (TPSA) is 91.9 Å². The molecular formula is C19H22ClN7O2. The largest absolute Gasteiger partial charge is 0.475 e. The lowest BCUT2D eigenvalue weighted by molar-refractivity contribution is -0.0186. The van der Waals surface area contributed by atoms with Crippen LogP contribution in [0, 0.1) is 6.92 Å². The molecule has 0 saturated carbocycles. The Kier molecular flexibility index (Phi) is 3.95. The van der Waals surface area contributed by atoms with E-state index in [0.29, 0.717) is 48.4 Å². The smallest absolute Gasteiger partial charge is 0.257 e. The second-order valence-corrected chi connectivity index (χ2v) is 8.42. The molecule has 6 rings (SSSR count). The van der Waals surface area contributed by atoms with Gasteiger partial charge in [-0.25, -0.2) is 9.67 Å². The first-order valence-corrected chi connectivity index (χ1v) is 10.6. The van der Waals surface area contributed by atoms with Crippen LogP contribution in [0.5, 0.6) is 5.88 Å². The third-order valence-electron chi connectivity index (χ3n) is 6.16. The maximum absolute atomic E-state index is 6.24. The van der Waals surface area contributed by atoms with Gasteiger partial charge in [-0.15, -0.1) is 5.10 Å².